The van der Waals surface area contributed by atoms with Crippen molar-refractivity contribution in [3.63, 3.8) is 0 Å². The highest BCUT2D eigenvalue weighted by Gasteiger charge is 2.22. The van der Waals surface area contributed by atoms with E-state index in [1.54, 1.807) is 20.1 Å². The van der Waals surface area contributed by atoms with E-state index in [4.69, 9.17) is 14.2 Å². The van der Waals surface area contributed by atoms with Gasteiger partial charge in [0.15, 0.2) is 0 Å². The van der Waals surface area contributed by atoms with Crippen LogP contribution in [0.2, 0.25) is 0 Å². The number of aryl methyl sites for hydroxylation is 1. The lowest BCUT2D eigenvalue weighted by molar-refractivity contribution is 0.0597. The Bertz CT molecular complexity index is 865. The van der Waals surface area contributed by atoms with Crippen LogP contribution in [0.5, 0.6) is 5.75 Å². The highest BCUT2D eigenvalue weighted by Crippen LogP contribution is 2.26. The summed E-state index contributed by atoms with van der Waals surface area (Å²) in [5.74, 6) is -0.241. The molecule has 0 amide bonds. The number of hydrogen-bond acceptors (Lipinski definition) is 5. The summed E-state index contributed by atoms with van der Waals surface area (Å²) in [6, 6.07) is 9.29. The molecule has 5 heteroatoms. The van der Waals surface area contributed by atoms with E-state index in [-0.39, 0.29) is 0 Å². The van der Waals surface area contributed by atoms with Crippen molar-refractivity contribution in [2.75, 3.05) is 21.3 Å². The summed E-state index contributed by atoms with van der Waals surface area (Å²) in [5, 5.41) is 0. The Morgan fingerprint density at radius 1 is 0.923 bits per heavy atom. The van der Waals surface area contributed by atoms with Crippen molar-refractivity contribution in [1.82, 2.24) is 0 Å². The maximum absolute atomic E-state index is 12.4. The van der Waals surface area contributed by atoms with Crippen LogP contribution in [0.25, 0.3) is 12.2 Å². The topological polar surface area (TPSA) is 61.8 Å². The number of esters is 2. The molecule has 0 unspecified atom stereocenters. The average Bonchev–Trinajstić information content (AvgIpc) is 2.67. The second kappa shape index (κ2) is 8.34. The summed E-state index contributed by atoms with van der Waals surface area (Å²) >= 11 is 0. The van der Waals surface area contributed by atoms with E-state index >= 15 is 0 Å². The molecule has 0 aliphatic rings. The summed E-state index contributed by atoms with van der Waals surface area (Å²) in [7, 11) is 4.24. The Morgan fingerprint density at radius 2 is 1.62 bits per heavy atom. The first-order valence-electron chi connectivity index (χ1n) is 8.05. The lowest BCUT2D eigenvalue weighted by Crippen LogP contribution is -2.13. The van der Waals surface area contributed by atoms with Gasteiger partial charge in [-0.2, -0.15) is 0 Å². The van der Waals surface area contributed by atoms with Gasteiger partial charge in [0.05, 0.1) is 32.5 Å². The van der Waals surface area contributed by atoms with Crippen LogP contribution < -0.4 is 4.74 Å². The van der Waals surface area contributed by atoms with Crippen molar-refractivity contribution in [3.05, 3.63) is 63.7 Å². The quantitative estimate of drug-likeness (QED) is 0.599. The minimum absolute atomic E-state index is 0.351. The van der Waals surface area contributed by atoms with Gasteiger partial charge in [-0.05, 0) is 54.3 Å². The molecule has 0 saturated carbocycles. The summed E-state index contributed by atoms with van der Waals surface area (Å²) in [4.78, 5) is 24.4. The fourth-order valence-electron chi connectivity index (χ4n) is 2.76. The molecule has 0 saturated heterocycles. The molecule has 0 aliphatic heterocycles. The summed E-state index contributed by atoms with van der Waals surface area (Å²) < 4.78 is 15.0. The molecular formula is C21H22O5. The molecule has 0 aliphatic carbocycles. The molecule has 0 aromatic heterocycles. The molecule has 0 radical (unpaired) electrons. The van der Waals surface area contributed by atoms with Crippen LogP contribution in [-0.4, -0.2) is 33.3 Å². The van der Waals surface area contributed by atoms with E-state index in [1.165, 1.54) is 14.2 Å². The Hall–Kier alpha value is -3.08. The van der Waals surface area contributed by atoms with Crippen LogP contribution in [0.1, 0.15) is 43.0 Å². The Labute approximate surface area is 153 Å². The van der Waals surface area contributed by atoms with Crippen LogP contribution >= 0.6 is 0 Å². The van der Waals surface area contributed by atoms with Crippen molar-refractivity contribution < 1.29 is 23.8 Å². The molecule has 136 valence electrons. The SMILES string of the molecule is COC(=O)c1cc(C)c(/C=C/c2cccc(OC)c2)c(C(=O)OC)c1C. The molecule has 2 rings (SSSR count). The zero-order valence-corrected chi connectivity index (χ0v) is 15.6. The van der Waals surface area contributed by atoms with Crippen molar-refractivity contribution >= 4 is 24.1 Å². The first-order valence-corrected chi connectivity index (χ1v) is 8.05. The van der Waals surface area contributed by atoms with E-state index in [1.807, 2.05) is 43.3 Å². The van der Waals surface area contributed by atoms with Crippen LogP contribution in [-0.2, 0) is 9.47 Å². The summed E-state index contributed by atoms with van der Waals surface area (Å²) in [6.07, 6.45) is 3.72. The molecular weight excluding hydrogens is 332 g/mol. The van der Waals surface area contributed by atoms with Gasteiger partial charge in [0.2, 0.25) is 0 Å². The zero-order chi connectivity index (χ0) is 19.3. The molecule has 2 aromatic rings. The van der Waals surface area contributed by atoms with Gasteiger partial charge < -0.3 is 14.2 Å². The molecule has 0 atom stereocenters. The second-order valence-electron chi connectivity index (χ2n) is 5.75. The molecule has 0 N–H and O–H groups in total. The standard InChI is InChI=1S/C21H22O5/c1-13-11-18(20(22)25-4)14(2)19(21(23)26-5)17(13)10-9-15-7-6-8-16(12-15)24-3/h6-12H,1-5H3/b10-9+. The number of benzene rings is 2. The van der Waals surface area contributed by atoms with Crippen molar-refractivity contribution in [1.29, 1.82) is 0 Å². The molecule has 26 heavy (non-hydrogen) atoms. The third kappa shape index (κ3) is 3.94. The molecule has 5 nitrogen and oxygen atoms in total. The number of ether oxygens (including phenoxy) is 3. The molecule has 0 bridgehead atoms. The third-order valence-electron chi connectivity index (χ3n) is 4.17. The van der Waals surface area contributed by atoms with Gasteiger partial charge >= 0.3 is 11.9 Å². The first-order chi connectivity index (χ1) is 12.4. The zero-order valence-electron chi connectivity index (χ0n) is 15.6. The van der Waals surface area contributed by atoms with Gasteiger partial charge in [0.25, 0.3) is 0 Å². The normalized spacial score (nSPS) is 10.7. The lowest BCUT2D eigenvalue weighted by Gasteiger charge is -2.15. The highest BCUT2D eigenvalue weighted by atomic mass is 16.5. The van der Waals surface area contributed by atoms with Gasteiger partial charge in [-0.15, -0.1) is 0 Å². The number of rotatable bonds is 5. The minimum Gasteiger partial charge on any atom is -0.497 e. The summed E-state index contributed by atoms with van der Waals surface area (Å²) in [5.41, 5.74) is 3.63. The Morgan fingerprint density at radius 3 is 2.23 bits per heavy atom. The van der Waals surface area contributed by atoms with E-state index < -0.39 is 11.9 Å². The van der Waals surface area contributed by atoms with Crippen molar-refractivity contribution in [3.8, 4) is 5.75 Å². The third-order valence-corrected chi connectivity index (χ3v) is 4.17. The van der Waals surface area contributed by atoms with E-state index in [9.17, 15) is 9.59 Å². The van der Waals surface area contributed by atoms with Gasteiger partial charge in [0, 0.05) is 0 Å². The predicted molar refractivity (Wildman–Crippen MR) is 101 cm³/mol. The lowest BCUT2D eigenvalue weighted by atomic mass is 9.92. The number of carbonyl (C=O) groups excluding carboxylic acids is 2. The van der Waals surface area contributed by atoms with Gasteiger partial charge in [-0.1, -0.05) is 24.3 Å². The summed E-state index contributed by atoms with van der Waals surface area (Å²) in [6.45, 7) is 3.55. The maximum Gasteiger partial charge on any atom is 0.338 e. The molecule has 0 heterocycles. The Kier molecular flexibility index (Phi) is 6.17. The average molecular weight is 354 g/mol. The van der Waals surface area contributed by atoms with E-state index in [2.05, 4.69) is 0 Å². The van der Waals surface area contributed by atoms with Crippen LogP contribution in [0.4, 0.5) is 0 Å². The van der Waals surface area contributed by atoms with Crippen LogP contribution in [0, 0.1) is 13.8 Å². The van der Waals surface area contributed by atoms with Crippen LogP contribution in [0.3, 0.4) is 0 Å². The monoisotopic (exact) mass is 354 g/mol. The van der Waals surface area contributed by atoms with Crippen LogP contribution in [0.15, 0.2) is 30.3 Å². The smallest absolute Gasteiger partial charge is 0.338 e. The van der Waals surface area contributed by atoms with Crippen molar-refractivity contribution in [2.24, 2.45) is 0 Å². The van der Waals surface area contributed by atoms with E-state index in [0.717, 1.165) is 16.9 Å². The van der Waals surface area contributed by atoms with Gasteiger partial charge in [-0.3, -0.25) is 0 Å². The fraction of sp³-hybridized carbons (Fsp3) is 0.238. The second-order valence-corrected chi connectivity index (χ2v) is 5.75. The Balaban J connectivity index is 2.59. The van der Waals surface area contributed by atoms with Gasteiger partial charge in [-0.25, -0.2) is 9.59 Å². The largest absolute Gasteiger partial charge is 0.497 e. The molecule has 0 fully saturated rings. The van der Waals surface area contributed by atoms with Crippen molar-refractivity contribution in [2.45, 2.75) is 13.8 Å². The van der Waals surface area contributed by atoms with Gasteiger partial charge in [0.1, 0.15) is 5.75 Å². The van der Waals surface area contributed by atoms with E-state index in [0.29, 0.717) is 22.3 Å². The fourth-order valence-corrected chi connectivity index (χ4v) is 2.76. The highest BCUT2D eigenvalue weighted by molar-refractivity contribution is 6.02. The number of carbonyl (C=O) groups is 2. The molecule has 0 spiro atoms. The molecule has 2 aromatic carbocycles. The maximum atomic E-state index is 12.4. The number of hydrogen-bond donors (Lipinski definition) is 0. The first kappa shape index (κ1) is 19.2. The number of methoxy groups -OCH3 is 3. The predicted octanol–water partition coefficient (Wildman–Crippen LogP) is 4.06. The minimum atomic E-state index is -0.498.